The molecule has 0 aliphatic carbocycles. The van der Waals surface area contributed by atoms with E-state index in [0.717, 1.165) is 0 Å². The van der Waals surface area contributed by atoms with E-state index in [2.05, 4.69) is 0 Å². The smallest absolute Gasteiger partial charge is 0.0449 e. The highest BCUT2D eigenvalue weighted by Crippen LogP contribution is 1.55. The van der Waals surface area contributed by atoms with Crippen LogP contribution in [-0.2, 0) is 0 Å². The molecule has 2 N–H and O–H groups in total. The van der Waals surface area contributed by atoms with Crippen molar-refractivity contribution in [2.24, 2.45) is 5.73 Å². The van der Waals surface area contributed by atoms with Gasteiger partial charge in [-0.05, 0) is 35.2 Å². The Labute approximate surface area is 58.4 Å². The summed E-state index contributed by atoms with van der Waals surface area (Å²) in [5.74, 6) is 0. The number of hydrogen-bond donors (Lipinski definition) is 1. The molecule has 0 aromatic carbocycles. The number of rotatable bonds is 1. The maximum absolute atomic E-state index is 5.10. The Morgan fingerprint density at radius 1 is 1.00 bits per heavy atom. The fraction of sp³-hybridized carbons (Fsp3) is 1.00. The van der Waals surface area contributed by atoms with Gasteiger partial charge >= 0.3 is 0 Å². The summed E-state index contributed by atoms with van der Waals surface area (Å²) in [6, 6.07) is 0. The second-order valence-electron chi connectivity index (χ2n) is 2.60. The number of hydrogen-bond acceptors (Lipinski definition) is 3. The molecule has 0 atom stereocenters. The van der Waals surface area contributed by atoms with Gasteiger partial charge in [0.2, 0.25) is 0 Å². The van der Waals surface area contributed by atoms with Gasteiger partial charge in [0, 0.05) is 6.67 Å². The van der Waals surface area contributed by atoms with Crippen LogP contribution >= 0.6 is 0 Å². The van der Waals surface area contributed by atoms with E-state index < -0.39 is 0 Å². The molecule has 0 aromatic heterocycles. The maximum Gasteiger partial charge on any atom is 0.0449 e. The molecule has 0 heterocycles. The summed E-state index contributed by atoms with van der Waals surface area (Å²) >= 11 is 0. The average Bonchev–Trinajstić information content (AvgIpc) is 1.65. The van der Waals surface area contributed by atoms with E-state index in [1.54, 1.807) is 0 Å². The van der Waals surface area contributed by atoms with Crippen molar-refractivity contribution in [2.45, 2.75) is 0 Å². The summed E-state index contributed by atoms with van der Waals surface area (Å²) in [6.45, 7) is 0.639. The van der Waals surface area contributed by atoms with Crippen LogP contribution in [0.4, 0.5) is 0 Å². The molecule has 0 radical (unpaired) electrons. The molecule has 0 bridgehead atoms. The molecule has 3 nitrogen and oxygen atoms in total. The molecule has 9 heavy (non-hydrogen) atoms. The molecule has 0 fully saturated rings. The molecule has 0 rings (SSSR count). The Morgan fingerprint density at radius 2 is 1.11 bits per heavy atom. The largest absolute Gasteiger partial charge is 0.318 e. The molecule has 0 saturated heterocycles. The van der Waals surface area contributed by atoms with Crippen LogP contribution in [0, 0.1) is 0 Å². The van der Waals surface area contributed by atoms with Crippen LogP contribution < -0.4 is 5.73 Å². The van der Waals surface area contributed by atoms with Gasteiger partial charge in [-0.2, -0.15) is 0 Å². The lowest BCUT2D eigenvalue weighted by atomic mass is 10.9. The molecule has 0 aliphatic rings. The minimum absolute atomic E-state index is 0.639. The molecule has 3 heteroatoms. The molecule has 0 saturated carbocycles. The molecule has 0 aliphatic heterocycles. The molecule has 58 valence electrons. The van der Waals surface area contributed by atoms with E-state index in [9.17, 15) is 0 Å². The fourth-order valence-electron chi connectivity index (χ4n) is 0. The van der Waals surface area contributed by atoms with Crippen LogP contribution in [0.3, 0.4) is 0 Å². The Balaban J connectivity index is 0. The molecular formula is C6H19N3. The van der Waals surface area contributed by atoms with Gasteiger partial charge in [-0.25, -0.2) is 0 Å². The number of nitrogens with zero attached hydrogens (tertiary/aromatic N) is 2. The third kappa shape index (κ3) is 77.1. The van der Waals surface area contributed by atoms with E-state index in [0.29, 0.717) is 6.67 Å². The third-order valence-corrected chi connectivity index (χ3v) is 0.365. The van der Waals surface area contributed by atoms with Crippen LogP contribution in [0.15, 0.2) is 0 Å². The van der Waals surface area contributed by atoms with Crippen molar-refractivity contribution in [1.82, 2.24) is 9.80 Å². The molecule has 0 spiro atoms. The van der Waals surface area contributed by atoms with E-state index in [1.807, 2.05) is 45.0 Å². The van der Waals surface area contributed by atoms with Gasteiger partial charge in [-0.1, -0.05) is 0 Å². The zero-order valence-corrected chi connectivity index (χ0v) is 7.18. The summed E-state index contributed by atoms with van der Waals surface area (Å²) < 4.78 is 0. The van der Waals surface area contributed by atoms with Crippen molar-refractivity contribution in [3.63, 3.8) is 0 Å². The highest BCUT2D eigenvalue weighted by atomic mass is 15.1. The van der Waals surface area contributed by atoms with E-state index in [1.165, 1.54) is 0 Å². The summed E-state index contributed by atoms with van der Waals surface area (Å²) in [5.41, 5.74) is 5.10. The van der Waals surface area contributed by atoms with E-state index in [4.69, 9.17) is 5.73 Å². The maximum atomic E-state index is 5.10. The summed E-state index contributed by atoms with van der Waals surface area (Å²) in [4.78, 5) is 3.90. The van der Waals surface area contributed by atoms with Crippen molar-refractivity contribution >= 4 is 0 Å². The summed E-state index contributed by atoms with van der Waals surface area (Å²) in [5, 5.41) is 0. The Kier molecular flexibility index (Phi) is 10.2. The van der Waals surface area contributed by atoms with Gasteiger partial charge in [0.25, 0.3) is 0 Å². The van der Waals surface area contributed by atoms with Crippen molar-refractivity contribution in [2.75, 3.05) is 41.9 Å². The predicted molar refractivity (Wildman–Crippen MR) is 42.4 cm³/mol. The first-order valence-electron chi connectivity index (χ1n) is 2.96. The van der Waals surface area contributed by atoms with Gasteiger partial charge in [0.15, 0.2) is 0 Å². The molecule has 0 aromatic rings. The number of nitrogens with two attached hydrogens (primary N) is 1. The lowest BCUT2D eigenvalue weighted by molar-refractivity contribution is 0.423. The summed E-state index contributed by atoms with van der Waals surface area (Å²) in [7, 11) is 9.86. The van der Waals surface area contributed by atoms with Crippen LogP contribution in [0.1, 0.15) is 0 Å². The molecule has 0 unspecified atom stereocenters. The van der Waals surface area contributed by atoms with Crippen LogP contribution in [0.25, 0.3) is 0 Å². The Bertz CT molecular complexity index is 40.8. The lowest BCUT2D eigenvalue weighted by Crippen LogP contribution is -2.20. The van der Waals surface area contributed by atoms with Crippen LogP contribution in [-0.4, -0.2) is 51.7 Å². The SMILES string of the molecule is CN(C)C.CN(C)CN. The first-order chi connectivity index (χ1) is 4.00. The monoisotopic (exact) mass is 133 g/mol. The summed E-state index contributed by atoms with van der Waals surface area (Å²) in [6.07, 6.45) is 0. The van der Waals surface area contributed by atoms with Gasteiger partial charge in [0.05, 0.1) is 0 Å². The highest BCUT2D eigenvalue weighted by molar-refractivity contribution is 4.23. The molecule has 0 amide bonds. The second-order valence-corrected chi connectivity index (χ2v) is 2.60. The Hall–Kier alpha value is -0.120. The minimum atomic E-state index is 0.639. The van der Waals surface area contributed by atoms with E-state index >= 15 is 0 Å². The highest BCUT2D eigenvalue weighted by Gasteiger charge is 1.71. The van der Waals surface area contributed by atoms with Gasteiger partial charge in [-0.3, -0.25) is 4.90 Å². The van der Waals surface area contributed by atoms with Crippen molar-refractivity contribution < 1.29 is 0 Å². The fourth-order valence-corrected chi connectivity index (χ4v) is 0. The first-order valence-corrected chi connectivity index (χ1v) is 2.96. The van der Waals surface area contributed by atoms with Crippen molar-refractivity contribution in [3.8, 4) is 0 Å². The van der Waals surface area contributed by atoms with E-state index in [-0.39, 0.29) is 0 Å². The molecular weight excluding hydrogens is 114 g/mol. The second kappa shape index (κ2) is 7.88. The normalized spacial score (nSPS) is 9.33. The van der Waals surface area contributed by atoms with Crippen LogP contribution in [0.2, 0.25) is 0 Å². The third-order valence-electron chi connectivity index (χ3n) is 0.365. The Morgan fingerprint density at radius 3 is 1.11 bits per heavy atom. The lowest BCUT2D eigenvalue weighted by Gasteiger charge is -2.00. The minimum Gasteiger partial charge on any atom is -0.318 e. The topological polar surface area (TPSA) is 32.5 Å². The van der Waals surface area contributed by atoms with Crippen molar-refractivity contribution in [3.05, 3.63) is 0 Å². The quantitative estimate of drug-likeness (QED) is 0.496. The van der Waals surface area contributed by atoms with Gasteiger partial charge < -0.3 is 10.6 Å². The predicted octanol–water partition coefficient (Wildman–Crippen LogP) is -0.358. The zero-order valence-electron chi connectivity index (χ0n) is 7.18. The van der Waals surface area contributed by atoms with Gasteiger partial charge in [0.1, 0.15) is 0 Å². The zero-order chi connectivity index (χ0) is 7.86. The first kappa shape index (κ1) is 11.6. The average molecular weight is 133 g/mol. The van der Waals surface area contributed by atoms with Crippen LogP contribution in [0.5, 0.6) is 0 Å². The van der Waals surface area contributed by atoms with Crippen molar-refractivity contribution in [1.29, 1.82) is 0 Å². The standard InChI is InChI=1S/C3H10N2.C3H9N/c1-5(2)3-4;1-4(2)3/h3-4H2,1-2H3;1-3H3. The van der Waals surface area contributed by atoms with Gasteiger partial charge in [-0.15, -0.1) is 0 Å².